The predicted molar refractivity (Wildman–Crippen MR) is 107 cm³/mol. The minimum Gasteiger partial charge on any atom is -0.404 e. The second-order valence-corrected chi connectivity index (χ2v) is 8.67. The van der Waals surface area contributed by atoms with E-state index in [0.29, 0.717) is 10.5 Å². The maximum Gasteiger partial charge on any atom is 0.530 e. The predicted octanol–water partition coefficient (Wildman–Crippen LogP) is 2.25. The first-order valence-corrected chi connectivity index (χ1v) is 10.6. The van der Waals surface area contributed by atoms with Gasteiger partial charge in [-0.25, -0.2) is 8.96 Å². The van der Waals surface area contributed by atoms with Gasteiger partial charge in [-0.15, -0.1) is 0 Å². The van der Waals surface area contributed by atoms with Crippen LogP contribution in [0.4, 0.5) is 4.39 Å². The minimum atomic E-state index is -4.76. The number of hydrogen-bond acceptors (Lipinski definition) is 9. The van der Waals surface area contributed by atoms with E-state index in [1.54, 1.807) is 18.2 Å². The fourth-order valence-corrected chi connectivity index (χ4v) is 4.16. The van der Waals surface area contributed by atoms with Gasteiger partial charge in [0.25, 0.3) is 5.85 Å². The molecule has 9 nitrogen and oxygen atoms in total. The third kappa shape index (κ3) is 3.88. The Bertz CT molecular complexity index is 1120. The molecule has 3 heterocycles. The Morgan fingerprint density at radius 1 is 1.57 bits per heavy atom. The van der Waals surface area contributed by atoms with Crippen molar-refractivity contribution in [3.05, 3.63) is 53.5 Å². The summed E-state index contributed by atoms with van der Waals surface area (Å²) in [6.45, 7) is -0.472. The molecule has 1 saturated heterocycles. The first-order valence-electron chi connectivity index (χ1n) is 9.87. The molecule has 5 atom stereocenters. The second-order valence-electron chi connectivity index (χ2n) is 6.34. The molecule has 1 aromatic rings. The van der Waals surface area contributed by atoms with Crippen molar-refractivity contribution in [2.24, 2.45) is 0 Å². The van der Waals surface area contributed by atoms with Gasteiger partial charge >= 0.3 is 7.82 Å². The van der Waals surface area contributed by atoms with Gasteiger partial charge in [0, 0.05) is 11.8 Å². The third-order valence-electron chi connectivity index (χ3n) is 4.29. The van der Waals surface area contributed by atoms with Crippen LogP contribution in [0, 0.1) is 0 Å². The van der Waals surface area contributed by atoms with Crippen molar-refractivity contribution in [3.8, 4) is 5.75 Å². The molecule has 162 valence electrons. The molecular formula is C17H17ClFN2O7PS. The van der Waals surface area contributed by atoms with Crippen molar-refractivity contribution < 1.29 is 41.6 Å². The van der Waals surface area contributed by atoms with Gasteiger partial charge in [-0.3, -0.25) is 9.05 Å². The number of fused-ring (bicyclic) bond motifs is 1. The molecule has 0 spiro atoms. The normalized spacial score (nSPS) is 40.5. The number of phosphoric ester groups is 1. The van der Waals surface area contributed by atoms with Gasteiger partial charge in [0.1, 0.15) is 35.3 Å². The molecule has 13 heteroatoms. The van der Waals surface area contributed by atoms with Gasteiger partial charge in [0.2, 0.25) is 0 Å². The van der Waals surface area contributed by atoms with Crippen LogP contribution in [0.1, 0.15) is 9.68 Å². The summed E-state index contributed by atoms with van der Waals surface area (Å²) in [5.41, 5.74) is 0.485. The molecule has 0 amide bonds. The van der Waals surface area contributed by atoms with E-state index in [0.717, 1.165) is 6.20 Å². The SMILES string of the molecule is [2H]C([2H])(OP1(=O)OCc2ccccc2O1)[C@@]1(F)O[C@@]([2H])(N2C=C(Cl)C(=S)NC2=C)[C@H](O)[C@@H]1O. The number of ether oxygens (including phenoxy) is 1. The summed E-state index contributed by atoms with van der Waals surface area (Å²) in [6, 6.07) is 6.23. The van der Waals surface area contributed by atoms with Crippen molar-refractivity contribution in [2.45, 2.75) is 30.9 Å². The van der Waals surface area contributed by atoms with E-state index in [1.807, 2.05) is 0 Å². The van der Waals surface area contributed by atoms with Crippen LogP contribution < -0.4 is 9.84 Å². The molecule has 4 rings (SSSR count). The van der Waals surface area contributed by atoms with Gasteiger partial charge < -0.3 is 29.7 Å². The number of thiocarbonyl (C=S) groups is 1. The van der Waals surface area contributed by atoms with Gasteiger partial charge in [-0.05, 0) is 6.07 Å². The van der Waals surface area contributed by atoms with Crippen LogP contribution in [0.5, 0.6) is 5.75 Å². The zero-order valence-electron chi connectivity index (χ0n) is 17.9. The molecule has 3 N–H and O–H groups in total. The fraction of sp³-hybridized carbons (Fsp3) is 0.353. The largest absolute Gasteiger partial charge is 0.530 e. The van der Waals surface area contributed by atoms with E-state index in [9.17, 15) is 14.8 Å². The summed E-state index contributed by atoms with van der Waals surface area (Å²) >= 11 is 10.9. The number of benzene rings is 1. The zero-order valence-corrected chi connectivity index (χ0v) is 17.4. The topological polar surface area (TPSA) is 110 Å². The van der Waals surface area contributed by atoms with Crippen molar-refractivity contribution >= 4 is 36.6 Å². The molecule has 1 fully saturated rings. The summed E-state index contributed by atoms with van der Waals surface area (Å²) < 4.78 is 73.1. The van der Waals surface area contributed by atoms with Crippen LogP contribution in [0.2, 0.25) is 0 Å². The number of nitrogens with zero attached hydrogens (tertiary/aromatic N) is 1. The highest BCUT2D eigenvalue weighted by molar-refractivity contribution is 7.81. The number of para-hydroxylation sites is 1. The molecule has 0 radical (unpaired) electrons. The molecule has 0 saturated carbocycles. The van der Waals surface area contributed by atoms with Crippen molar-refractivity contribution in [1.82, 2.24) is 10.2 Å². The third-order valence-corrected chi connectivity index (χ3v) is 6.19. The Labute approximate surface area is 185 Å². The van der Waals surface area contributed by atoms with Crippen LogP contribution in [0.25, 0.3) is 0 Å². The average Bonchev–Trinajstić information content (AvgIpc) is 2.91. The summed E-state index contributed by atoms with van der Waals surface area (Å²) in [5, 5.41) is 23.2. The van der Waals surface area contributed by atoms with Gasteiger partial charge in [0.15, 0.2) is 6.20 Å². The highest BCUT2D eigenvalue weighted by Gasteiger charge is 2.58. The van der Waals surface area contributed by atoms with Crippen LogP contribution >= 0.6 is 31.6 Å². The number of alkyl halides is 1. The lowest BCUT2D eigenvalue weighted by Crippen LogP contribution is -2.47. The van der Waals surface area contributed by atoms with E-state index in [4.69, 9.17) is 46.2 Å². The lowest BCUT2D eigenvalue weighted by atomic mass is 10.1. The Morgan fingerprint density at radius 2 is 2.30 bits per heavy atom. The van der Waals surface area contributed by atoms with Crippen LogP contribution in [0.3, 0.4) is 0 Å². The summed E-state index contributed by atoms with van der Waals surface area (Å²) in [6.07, 6.45) is -6.98. The van der Waals surface area contributed by atoms with Crippen LogP contribution in [-0.2, 0) is 25.0 Å². The Kier molecular flexibility index (Phi) is 4.72. The van der Waals surface area contributed by atoms with E-state index >= 15 is 4.39 Å². The molecule has 1 unspecified atom stereocenters. The van der Waals surface area contributed by atoms with Crippen LogP contribution in [-0.4, -0.2) is 50.9 Å². The van der Waals surface area contributed by atoms with Gasteiger partial charge in [0.05, 0.1) is 15.8 Å². The van der Waals surface area contributed by atoms with Crippen LogP contribution in [0.15, 0.2) is 47.9 Å². The molecule has 3 aliphatic heterocycles. The van der Waals surface area contributed by atoms with E-state index < -0.39 is 38.6 Å². The zero-order chi connectivity index (χ0) is 24.4. The number of aliphatic hydroxyl groups is 2. The maximum absolute atomic E-state index is 15.9. The highest BCUT2D eigenvalue weighted by Crippen LogP contribution is 2.55. The number of halogens is 2. The second kappa shape index (κ2) is 7.85. The quantitative estimate of drug-likeness (QED) is 0.437. The number of aliphatic hydroxyl groups excluding tert-OH is 2. The lowest BCUT2D eigenvalue weighted by Gasteiger charge is -2.34. The Hall–Kier alpha value is -1.56. The van der Waals surface area contributed by atoms with E-state index in [2.05, 4.69) is 11.9 Å². The molecule has 1 aromatic carbocycles. The van der Waals surface area contributed by atoms with E-state index in [1.165, 1.54) is 6.07 Å². The summed E-state index contributed by atoms with van der Waals surface area (Å²) in [5.74, 6) is -4.04. The van der Waals surface area contributed by atoms with Gasteiger partial charge in [-0.1, -0.05) is 48.6 Å². The average molecular weight is 482 g/mol. The molecule has 0 bridgehead atoms. The number of nitrogens with one attached hydrogen (secondary N) is 1. The summed E-state index contributed by atoms with van der Waals surface area (Å²) in [7, 11) is -4.76. The monoisotopic (exact) mass is 481 g/mol. The first-order chi connectivity index (χ1) is 15.2. The number of rotatable bonds is 4. The molecule has 3 aliphatic rings. The molecular weight excluding hydrogens is 462 g/mol. The minimum absolute atomic E-state index is 0.0182. The highest BCUT2D eigenvalue weighted by atomic mass is 35.5. The Balaban J connectivity index is 1.63. The van der Waals surface area contributed by atoms with E-state index in [-0.39, 0.29) is 28.2 Å². The number of hydrogen-bond donors (Lipinski definition) is 3. The van der Waals surface area contributed by atoms with Crippen molar-refractivity contribution in [3.63, 3.8) is 0 Å². The van der Waals surface area contributed by atoms with Crippen molar-refractivity contribution in [1.29, 1.82) is 0 Å². The number of phosphoric acid groups is 1. The Morgan fingerprint density at radius 3 is 3.07 bits per heavy atom. The molecule has 0 aromatic heterocycles. The summed E-state index contributed by atoms with van der Waals surface area (Å²) in [4.78, 5) is 0.729. The molecule has 0 aliphatic carbocycles. The standard InChI is InChI=1S/C17H17ClFN2O7PS/c1-9-20-15(30)11(18)6-21(9)16-13(22)14(23)17(19,27-16)8-26-29(24)25-7-10-4-2-3-5-12(10)28-29/h2-6,13-14,16,22-23H,1,7-8H2,(H,20,30)/t13-,14+,16-,17-,29?/m1/s1/i8D2,16D. The molecule has 30 heavy (non-hydrogen) atoms. The fourth-order valence-electron chi connectivity index (χ4n) is 2.75. The van der Waals surface area contributed by atoms with Gasteiger partial charge in [-0.2, -0.15) is 0 Å². The smallest absolute Gasteiger partial charge is 0.404 e. The lowest BCUT2D eigenvalue weighted by molar-refractivity contribution is -0.207. The van der Waals surface area contributed by atoms with Crippen molar-refractivity contribution in [2.75, 3.05) is 6.56 Å². The maximum atomic E-state index is 15.9. The first kappa shape index (κ1) is 18.1.